The summed E-state index contributed by atoms with van der Waals surface area (Å²) in [6.07, 6.45) is 0. The summed E-state index contributed by atoms with van der Waals surface area (Å²) >= 11 is 5.10. The van der Waals surface area contributed by atoms with Gasteiger partial charge in [0.1, 0.15) is 5.82 Å². The van der Waals surface area contributed by atoms with E-state index in [2.05, 4.69) is 25.9 Å². The largest absolute Gasteiger partial charge is 0.370 e. The molecule has 86 valence electrons. The number of aliphatic imine (C=N–C) groups is 2. The predicted molar refractivity (Wildman–Crippen MR) is 73.9 cm³/mol. The first-order valence-corrected chi connectivity index (χ1v) is 5.85. The van der Waals surface area contributed by atoms with Crippen molar-refractivity contribution in [2.45, 2.75) is 0 Å². The van der Waals surface area contributed by atoms with Gasteiger partial charge in [-0.05, 0) is 44.6 Å². The van der Waals surface area contributed by atoms with Gasteiger partial charge in [0.25, 0.3) is 0 Å². The summed E-state index contributed by atoms with van der Waals surface area (Å²) in [7, 11) is 0. The number of nitrogens with zero attached hydrogens (tertiary/aromatic N) is 2. The molecule has 0 atom stereocenters. The van der Waals surface area contributed by atoms with Gasteiger partial charge in [-0.1, -0.05) is 0 Å². The second-order valence-corrected chi connectivity index (χ2v) is 4.74. The fourth-order valence-corrected chi connectivity index (χ4v) is 2.21. The molecule has 0 saturated heterocycles. The van der Waals surface area contributed by atoms with Crippen LogP contribution in [0.2, 0.25) is 0 Å². The van der Waals surface area contributed by atoms with Gasteiger partial charge < -0.3 is 17.2 Å². The number of halogens is 3. The molecular formula is C8H8BrFIN5. The number of hydrogen-bond acceptors (Lipinski definition) is 1. The number of hydrogen-bond donors (Lipinski definition) is 3. The maximum atomic E-state index is 13.2. The Morgan fingerprint density at radius 3 is 2.50 bits per heavy atom. The number of guanidine groups is 2. The standard InChI is InChI=1S/C8H8BrFIN5/c9-3-1-5(11)4(10)2-6(3)15-8(14)16-7(12)13/h1-2H,(H6,12,13,14,15,16). The van der Waals surface area contributed by atoms with Crippen molar-refractivity contribution in [3.8, 4) is 0 Å². The Kier molecular flexibility index (Phi) is 4.47. The molecule has 1 aromatic rings. The van der Waals surface area contributed by atoms with E-state index in [1.165, 1.54) is 6.07 Å². The molecule has 0 heterocycles. The first-order valence-electron chi connectivity index (χ1n) is 3.98. The lowest BCUT2D eigenvalue weighted by atomic mass is 10.3. The van der Waals surface area contributed by atoms with Crippen molar-refractivity contribution in [3.05, 3.63) is 26.0 Å². The minimum absolute atomic E-state index is 0.138. The van der Waals surface area contributed by atoms with Gasteiger partial charge in [0, 0.05) is 10.5 Å². The van der Waals surface area contributed by atoms with E-state index in [1.54, 1.807) is 6.07 Å². The van der Waals surface area contributed by atoms with Gasteiger partial charge >= 0.3 is 0 Å². The van der Waals surface area contributed by atoms with Crippen LogP contribution in [0.1, 0.15) is 0 Å². The third-order valence-corrected chi connectivity index (χ3v) is 2.93. The smallest absolute Gasteiger partial charge is 0.223 e. The zero-order valence-electron chi connectivity index (χ0n) is 7.92. The topological polar surface area (TPSA) is 103 Å². The Hall–Kier alpha value is -0.900. The Morgan fingerprint density at radius 2 is 1.94 bits per heavy atom. The van der Waals surface area contributed by atoms with E-state index >= 15 is 0 Å². The number of benzene rings is 1. The molecule has 0 spiro atoms. The molecule has 0 bridgehead atoms. The van der Waals surface area contributed by atoms with Crippen LogP contribution in [0.15, 0.2) is 26.6 Å². The zero-order chi connectivity index (χ0) is 12.3. The molecule has 5 nitrogen and oxygen atoms in total. The lowest BCUT2D eigenvalue weighted by Crippen LogP contribution is -2.26. The highest BCUT2D eigenvalue weighted by atomic mass is 127. The van der Waals surface area contributed by atoms with Gasteiger partial charge in [0.2, 0.25) is 5.96 Å². The van der Waals surface area contributed by atoms with Crippen LogP contribution in [-0.4, -0.2) is 11.9 Å². The van der Waals surface area contributed by atoms with Crippen molar-refractivity contribution < 1.29 is 4.39 Å². The van der Waals surface area contributed by atoms with Crippen LogP contribution in [0.25, 0.3) is 0 Å². The summed E-state index contributed by atoms with van der Waals surface area (Å²) in [5.74, 6) is -0.732. The van der Waals surface area contributed by atoms with Crippen molar-refractivity contribution in [2.24, 2.45) is 27.2 Å². The predicted octanol–water partition coefficient (Wildman–Crippen LogP) is 1.41. The van der Waals surface area contributed by atoms with E-state index in [4.69, 9.17) is 17.2 Å². The molecule has 0 aliphatic rings. The van der Waals surface area contributed by atoms with Crippen molar-refractivity contribution in [1.82, 2.24) is 0 Å². The molecule has 0 saturated carbocycles. The van der Waals surface area contributed by atoms with E-state index in [-0.39, 0.29) is 17.7 Å². The lowest BCUT2D eigenvalue weighted by molar-refractivity contribution is 0.620. The maximum absolute atomic E-state index is 13.2. The van der Waals surface area contributed by atoms with Gasteiger partial charge in [-0.3, -0.25) is 0 Å². The molecule has 1 aromatic carbocycles. The molecule has 0 fully saturated rings. The fourth-order valence-electron chi connectivity index (χ4n) is 0.878. The van der Waals surface area contributed by atoms with Crippen LogP contribution in [0.3, 0.4) is 0 Å². The number of nitrogens with two attached hydrogens (primary N) is 3. The highest BCUT2D eigenvalue weighted by Gasteiger charge is 2.06. The van der Waals surface area contributed by atoms with Crippen LogP contribution < -0.4 is 17.2 Å². The SMILES string of the molecule is NC(N)=NC(N)=Nc1cc(F)c(I)cc1Br. The van der Waals surface area contributed by atoms with Crippen LogP contribution in [0, 0.1) is 9.39 Å². The molecule has 0 unspecified atom stereocenters. The minimum atomic E-state index is -0.389. The fraction of sp³-hybridized carbons (Fsp3) is 0. The van der Waals surface area contributed by atoms with Gasteiger partial charge in [-0.15, -0.1) is 0 Å². The second kappa shape index (κ2) is 5.43. The highest BCUT2D eigenvalue weighted by Crippen LogP contribution is 2.29. The molecule has 0 radical (unpaired) electrons. The normalized spacial score (nSPS) is 11.3. The Balaban J connectivity index is 3.15. The first kappa shape index (κ1) is 13.2. The van der Waals surface area contributed by atoms with E-state index in [1.807, 2.05) is 22.6 Å². The monoisotopic (exact) mass is 399 g/mol. The van der Waals surface area contributed by atoms with Crippen molar-refractivity contribution in [3.63, 3.8) is 0 Å². The van der Waals surface area contributed by atoms with Crippen LogP contribution >= 0.6 is 38.5 Å². The minimum Gasteiger partial charge on any atom is -0.370 e. The molecule has 16 heavy (non-hydrogen) atoms. The van der Waals surface area contributed by atoms with E-state index in [9.17, 15) is 4.39 Å². The molecule has 0 aromatic heterocycles. The summed E-state index contributed by atoms with van der Waals surface area (Å²) in [6, 6.07) is 2.82. The number of rotatable bonds is 1. The zero-order valence-corrected chi connectivity index (χ0v) is 11.7. The maximum Gasteiger partial charge on any atom is 0.223 e. The van der Waals surface area contributed by atoms with Crippen LogP contribution in [-0.2, 0) is 0 Å². The lowest BCUT2D eigenvalue weighted by Gasteiger charge is -2.01. The molecule has 1 rings (SSSR count). The average molecular weight is 400 g/mol. The Bertz CT molecular complexity index is 470. The highest BCUT2D eigenvalue weighted by molar-refractivity contribution is 14.1. The van der Waals surface area contributed by atoms with Gasteiger partial charge in [0.15, 0.2) is 5.96 Å². The van der Waals surface area contributed by atoms with Gasteiger partial charge in [0.05, 0.1) is 9.26 Å². The summed E-state index contributed by atoms with van der Waals surface area (Å²) in [5.41, 5.74) is 16.0. The Morgan fingerprint density at radius 1 is 1.31 bits per heavy atom. The third kappa shape index (κ3) is 3.59. The summed E-state index contributed by atoms with van der Waals surface area (Å²) in [5, 5.41) is 0. The van der Waals surface area contributed by atoms with E-state index < -0.39 is 0 Å². The molecule has 8 heteroatoms. The molecule has 0 aliphatic carbocycles. The molecular weight excluding hydrogens is 392 g/mol. The van der Waals surface area contributed by atoms with Gasteiger partial charge in [-0.2, -0.15) is 4.99 Å². The van der Waals surface area contributed by atoms with E-state index in [0.717, 1.165) is 0 Å². The van der Waals surface area contributed by atoms with Crippen molar-refractivity contribution >= 4 is 56.1 Å². The van der Waals surface area contributed by atoms with E-state index in [0.29, 0.717) is 13.7 Å². The third-order valence-electron chi connectivity index (χ3n) is 1.47. The Labute approximate surface area is 113 Å². The van der Waals surface area contributed by atoms with Gasteiger partial charge in [-0.25, -0.2) is 9.38 Å². The van der Waals surface area contributed by atoms with Crippen molar-refractivity contribution in [2.75, 3.05) is 0 Å². The average Bonchev–Trinajstić information content (AvgIpc) is 2.12. The van der Waals surface area contributed by atoms with Crippen LogP contribution in [0.4, 0.5) is 10.1 Å². The molecule has 0 amide bonds. The molecule has 0 aliphatic heterocycles. The summed E-state index contributed by atoms with van der Waals surface area (Å²) in [4.78, 5) is 7.38. The summed E-state index contributed by atoms with van der Waals surface area (Å²) in [6.45, 7) is 0. The van der Waals surface area contributed by atoms with Crippen LogP contribution in [0.5, 0.6) is 0 Å². The van der Waals surface area contributed by atoms with Crippen molar-refractivity contribution in [1.29, 1.82) is 0 Å². The first-order chi connectivity index (χ1) is 7.40. The second-order valence-electron chi connectivity index (χ2n) is 2.72. The summed E-state index contributed by atoms with van der Waals surface area (Å²) < 4.78 is 14.3. The quantitative estimate of drug-likeness (QED) is 0.288. The molecule has 6 N–H and O–H groups in total.